The number of benzene rings is 2. The van der Waals surface area contributed by atoms with Crippen molar-refractivity contribution < 1.29 is 14.3 Å². The van der Waals surface area contributed by atoms with Gasteiger partial charge in [0.1, 0.15) is 18.1 Å². The molecule has 5 nitrogen and oxygen atoms in total. The van der Waals surface area contributed by atoms with Gasteiger partial charge in [-0.2, -0.15) is 0 Å². The lowest BCUT2D eigenvalue weighted by molar-refractivity contribution is 0.247. The van der Waals surface area contributed by atoms with Crippen LogP contribution in [0, 0.1) is 6.92 Å². The quantitative estimate of drug-likeness (QED) is 0.735. The highest BCUT2D eigenvalue weighted by Crippen LogP contribution is 2.20. The predicted molar refractivity (Wildman–Crippen MR) is 96.3 cm³/mol. The third kappa shape index (κ3) is 5.66. The van der Waals surface area contributed by atoms with Crippen LogP contribution in [-0.4, -0.2) is 25.8 Å². The highest BCUT2D eigenvalue weighted by Gasteiger charge is 2.02. The van der Waals surface area contributed by atoms with Crippen LogP contribution in [0.3, 0.4) is 0 Å². The molecule has 0 aromatic heterocycles. The van der Waals surface area contributed by atoms with Crippen molar-refractivity contribution in [1.29, 1.82) is 0 Å². The minimum atomic E-state index is -0.282. The summed E-state index contributed by atoms with van der Waals surface area (Å²) in [6.07, 6.45) is 0. The van der Waals surface area contributed by atoms with Crippen LogP contribution in [0.2, 0.25) is 5.02 Å². The maximum Gasteiger partial charge on any atom is 0.319 e. The van der Waals surface area contributed by atoms with E-state index in [-0.39, 0.29) is 6.03 Å². The van der Waals surface area contributed by atoms with Crippen LogP contribution in [0.5, 0.6) is 11.5 Å². The minimum Gasteiger partial charge on any atom is -0.494 e. The van der Waals surface area contributed by atoms with Crippen LogP contribution < -0.4 is 20.1 Å². The first-order valence-electron chi connectivity index (χ1n) is 7.75. The summed E-state index contributed by atoms with van der Waals surface area (Å²) >= 11 is 5.96. The van der Waals surface area contributed by atoms with Crippen LogP contribution in [0.25, 0.3) is 0 Å². The second-order valence-corrected chi connectivity index (χ2v) is 5.50. The van der Waals surface area contributed by atoms with Crippen molar-refractivity contribution in [1.82, 2.24) is 5.32 Å². The Kier molecular flexibility index (Phi) is 6.75. The summed E-state index contributed by atoms with van der Waals surface area (Å²) in [7, 11) is 0. The van der Waals surface area contributed by atoms with Crippen molar-refractivity contribution in [2.75, 3.05) is 25.1 Å². The molecule has 6 heteroatoms. The molecule has 0 radical (unpaired) electrons. The van der Waals surface area contributed by atoms with Gasteiger partial charge in [-0.15, -0.1) is 0 Å². The van der Waals surface area contributed by atoms with Gasteiger partial charge in [-0.3, -0.25) is 0 Å². The fourth-order valence-corrected chi connectivity index (χ4v) is 2.13. The van der Waals surface area contributed by atoms with Gasteiger partial charge >= 0.3 is 6.03 Å². The molecular weight excluding hydrogens is 328 g/mol. The Morgan fingerprint density at radius 2 is 1.79 bits per heavy atom. The first-order chi connectivity index (χ1) is 11.6. The molecule has 2 aromatic rings. The molecule has 2 aromatic carbocycles. The second kappa shape index (κ2) is 9.03. The van der Waals surface area contributed by atoms with Crippen molar-refractivity contribution in [3.8, 4) is 11.5 Å². The van der Waals surface area contributed by atoms with Crippen LogP contribution in [0.4, 0.5) is 10.5 Å². The van der Waals surface area contributed by atoms with Crippen LogP contribution >= 0.6 is 11.6 Å². The topological polar surface area (TPSA) is 59.6 Å². The van der Waals surface area contributed by atoms with E-state index in [2.05, 4.69) is 10.6 Å². The minimum absolute atomic E-state index is 0.282. The number of halogens is 1. The standard InChI is InChI=1S/C18H21ClN2O3/c1-3-23-15-6-4-14(5-7-15)21-18(22)20-10-11-24-16-8-9-17(19)13(2)12-16/h4-9,12H,3,10-11H2,1-2H3,(H2,20,21,22). The number of hydrogen-bond donors (Lipinski definition) is 2. The van der Waals surface area contributed by atoms with Crippen molar-refractivity contribution in [3.63, 3.8) is 0 Å². The lowest BCUT2D eigenvalue weighted by Gasteiger charge is -2.10. The predicted octanol–water partition coefficient (Wildman–Crippen LogP) is 4.25. The first-order valence-corrected chi connectivity index (χ1v) is 8.13. The lowest BCUT2D eigenvalue weighted by Crippen LogP contribution is -2.32. The monoisotopic (exact) mass is 348 g/mol. The van der Waals surface area contributed by atoms with E-state index in [9.17, 15) is 4.79 Å². The third-order valence-electron chi connectivity index (χ3n) is 3.21. The second-order valence-electron chi connectivity index (χ2n) is 5.10. The Balaban J connectivity index is 1.70. The van der Waals surface area contributed by atoms with Gasteiger partial charge in [0.2, 0.25) is 0 Å². The van der Waals surface area contributed by atoms with Crippen molar-refractivity contribution in [3.05, 3.63) is 53.1 Å². The molecule has 0 atom stereocenters. The maximum absolute atomic E-state index is 11.8. The van der Waals surface area contributed by atoms with Gasteiger partial charge in [-0.25, -0.2) is 4.79 Å². The van der Waals surface area contributed by atoms with Gasteiger partial charge in [0, 0.05) is 10.7 Å². The molecular formula is C18H21ClN2O3. The van der Waals surface area contributed by atoms with E-state index in [1.165, 1.54) is 0 Å². The average molecular weight is 349 g/mol. The average Bonchev–Trinajstić information content (AvgIpc) is 2.57. The van der Waals surface area contributed by atoms with Gasteiger partial charge in [-0.1, -0.05) is 11.6 Å². The summed E-state index contributed by atoms with van der Waals surface area (Å²) in [4.78, 5) is 11.8. The Hall–Kier alpha value is -2.40. The summed E-state index contributed by atoms with van der Waals surface area (Å²) in [5.41, 5.74) is 1.65. The molecule has 0 spiro atoms. The van der Waals surface area contributed by atoms with Crippen LogP contribution in [0.15, 0.2) is 42.5 Å². The van der Waals surface area contributed by atoms with Crippen molar-refractivity contribution in [2.45, 2.75) is 13.8 Å². The van der Waals surface area contributed by atoms with E-state index < -0.39 is 0 Å². The number of amides is 2. The Bertz CT molecular complexity index is 674. The molecule has 0 heterocycles. The van der Waals surface area contributed by atoms with Crippen molar-refractivity contribution in [2.24, 2.45) is 0 Å². The molecule has 0 saturated heterocycles. The zero-order valence-electron chi connectivity index (χ0n) is 13.8. The molecule has 0 aliphatic heterocycles. The fourth-order valence-electron chi connectivity index (χ4n) is 2.02. The Morgan fingerprint density at radius 1 is 1.08 bits per heavy atom. The molecule has 0 bridgehead atoms. The smallest absolute Gasteiger partial charge is 0.319 e. The molecule has 128 valence electrons. The molecule has 0 aliphatic carbocycles. The number of nitrogens with one attached hydrogen (secondary N) is 2. The Labute approximate surface area is 146 Å². The number of aryl methyl sites for hydroxylation is 1. The van der Waals surface area contributed by atoms with Crippen LogP contribution in [-0.2, 0) is 0 Å². The molecule has 2 rings (SSSR count). The SMILES string of the molecule is CCOc1ccc(NC(=O)NCCOc2ccc(Cl)c(C)c2)cc1. The molecule has 2 amide bonds. The summed E-state index contributed by atoms with van der Waals surface area (Å²) in [6, 6.07) is 12.4. The van der Waals surface area contributed by atoms with E-state index in [1.54, 1.807) is 24.3 Å². The fraction of sp³-hybridized carbons (Fsp3) is 0.278. The third-order valence-corrected chi connectivity index (χ3v) is 3.63. The molecule has 0 unspecified atom stereocenters. The van der Waals surface area contributed by atoms with Gasteiger partial charge in [-0.05, 0) is 61.9 Å². The molecule has 24 heavy (non-hydrogen) atoms. The normalized spacial score (nSPS) is 10.1. The Morgan fingerprint density at radius 3 is 2.46 bits per heavy atom. The van der Waals surface area contributed by atoms with Crippen molar-refractivity contribution >= 4 is 23.3 Å². The molecule has 0 aliphatic rings. The highest BCUT2D eigenvalue weighted by molar-refractivity contribution is 6.31. The summed E-state index contributed by atoms with van der Waals surface area (Å²) in [5, 5.41) is 6.19. The number of urea groups is 1. The van der Waals surface area contributed by atoms with Gasteiger partial charge < -0.3 is 20.1 Å². The number of hydrogen-bond acceptors (Lipinski definition) is 3. The maximum atomic E-state index is 11.8. The molecule has 2 N–H and O–H groups in total. The summed E-state index contributed by atoms with van der Waals surface area (Å²) in [6.45, 7) is 5.22. The first kappa shape index (κ1) is 17.9. The molecule has 0 saturated carbocycles. The number of carbonyl (C=O) groups excluding carboxylic acids is 1. The largest absolute Gasteiger partial charge is 0.494 e. The van der Waals surface area contributed by atoms with E-state index in [0.29, 0.717) is 30.5 Å². The summed E-state index contributed by atoms with van der Waals surface area (Å²) < 4.78 is 10.9. The van der Waals surface area contributed by atoms with E-state index in [0.717, 1.165) is 17.1 Å². The zero-order valence-corrected chi connectivity index (χ0v) is 14.5. The number of anilines is 1. The van der Waals surface area contributed by atoms with Gasteiger partial charge in [0.15, 0.2) is 0 Å². The van der Waals surface area contributed by atoms with Gasteiger partial charge in [0.25, 0.3) is 0 Å². The van der Waals surface area contributed by atoms with E-state index in [4.69, 9.17) is 21.1 Å². The number of carbonyl (C=O) groups is 1. The van der Waals surface area contributed by atoms with Gasteiger partial charge in [0.05, 0.1) is 13.2 Å². The summed E-state index contributed by atoms with van der Waals surface area (Å²) in [5.74, 6) is 1.50. The number of ether oxygens (including phenoxy) is 2. The number of rotatable bonds is 7. The zero-order chi connectivity index (χ0) is 17.4. The molecule has 0 fully saturated rings. The lowest BCUT2D eigenvalue weighted by atomic mass is 10.2. The van der Waals surface area contributed by atoms with Crippen LogP contribution in [0.1, 0.15) is 12.5 Å². The van der Waals surface area contributed by atoms with E-state index >= 15 is 0 Å². The highest BCUT2D eigenvalue weighted by atomic mass is 35.5. The van der Waals surface area contributed by atoms with E-state index in [1.807, 2.05) is 32.0 Å².